The van der Waals surface area contributed by atoms with Crippen LogP contribution in [-0.2, 0) is 0 Å². The average molecular weight is 671 g/mol. The highest BCUT2D eigenvalue weighted by Crippen LogP contribution is 2.44. The summed E-state index contributed by atoms with van der Waals surface area (Å²) >= 11 is 3.64. The van der Waals surface area contributed by atoms with Gasteiger partial charge in [0.05, 0.1) is 45.3 Å². The molecule has 11 rings (SSSR count). The van der Waals surface area contributed by atoms with Gasteiger partial charge in [0.1, 0.15) is 0 Å². The standard InChI is InChI=1S/C44H22N4S2/c45-23-25-9-14-37-32(19-25)29-5-1-3-7-36(29)47(37)27-11-16-40-34(21-27)35-22-28(12-17-41(35)49-40)48-38-15-10-26(24-46)20-33(38)30-13-18-42-43(44(30)48)31-6-2-4-8-39(31)50-42/h1-22H. The number of fused-ring (bicyclic) bond motifs is 13. The molecule has 0 unspecified atom stereocenters. The summed E-state index contributed by atoms with van der Waals surface area (Å²) in [5, 5.41) is 28.8. The molecular formula is C44H22N4S2. The molecule has 11 aromatic rings. The molecule has 230 valence electrons. The van der Waals surface area contributed by atoms with Gasteiger partial charge in [0, 0.05) is 73.3 Å². The zero-order valence-electron chi connectivity index (χ0n) is 26.3. The third kappa shape index (κ3) is 3.67. The summed E-state index contributed by atoms with van der Waals surface area (Å²) < 4.78 is 9.71. The van der Waals surface area contributed by atoms with Crippen molar-refractivity contribution in [1.82, 2.24) is 9.13 Å². The molecule has 0 aliphatic carbocycles. The lowest BCUT2D eigenvalue weighted by atomic mass is 10.1. The molecule has 0 atom stereocenters. The van der Waals surface area contributed by atoms with Crippen LogP contribution in [-0.4, -0.2) is 9.13 Å². The molecule has 0 fully saturated rings. The Kier molecular flexibility index (Phi) is 5.52. The van der Waals surface area contributed by atoms with Crippen LogP contribution < -0.4 is 0 Å². The first kappa shape index (κ1) is 27.5. The maximum absolute atomic E-state index is 9.83. The van der Waals surface area contributed by atoms with E-state index in [0.717, 1.165) is 49.5 Å². The molecular weight excluding hydrogens is 649 g/mol. The molecule has 0 radical (unpaired) electrons. The molecule has 0 bridgehead atoms. The van der Waals surface area contributed by atoms with Gasteiger partial charge >= 0.3 is 0 Å². The van der Waals surface area contributed by atoms with E-state index in [1.165, 1.54) is 45.9 Å². The van der Waals surface area contributed by atoms with Crippen LogP contribution in [0.5, 0.6) is 0 Å². The van der Waals surface area contributed by atoms with Gasteiger partial charge in [-0.1, -0.05) is 42.5 Å². The first-order chi connectivity index (χ1) is 24.7. The van der Waals surface area contributed by atoms with E-state index >= 15 is 0 Å². The summed E-state index contributed by atoms with van der Waals surface area (Å²) in [5.74, 6) is 0. The minimum atomic E-state index is 0.660. The van der Waals surface area contributed by atoms with Crippen molar-refractivity contribution < 1.29 is 0 Å². The molecule has 0 aliphatic heterocycles. The van der Waals surface area contributed by atoms with Crippen LogP contribution in [0.25, 0.3) is 95.3 Å². The van der Waals surface area contributed by atoms with Gasteiger partial charge in [-0.05, 0) is 91.0 Å². The molecule has 0 saturated heterocycles. The lowest BCUT2D eigenvalue weighted by Crippen LogP contribution is -1.94. The van der Waals surface area contributed by atoms with Gasteiger partial charge in [-0.2, -0.15) is 10.5 Å². The van der Waals surface area contributed by atoms with Crippen LogP contribution in [0, 0.1) is 22.7 Å². The third-order valence-electron chi connectivity index (χ3n) is 10.2. The summed E-state index contributed by atoms with van der Waals surface area (Å²) in [4.78, 5) is 0. The maximum Gasteiger partial charge on any atom is 0.0991 e. The number of nitrogens with zero attached hydrogens (tertiary/aromatic N) is 4. The summed E-state index contributed by atoms with van der Waals surface area (Å²) in [5.41, 5.74) is 7.96. The fraction of sp³-hybridized carbons (Fsp3) is 0. The Labute approximate surface area is 293 Å². The minimum absolute atomic E-state index is 0.660. The zero-order chi connectivity index (χ0) is 33.1. The van der Waals surface area contributed by atoms with Crippen LogP contribution in [0.2, 0.25) is 0 Å². The van der Waals surface area contributed by atoms with E-state index in [0.29, 0.717) is 11.1 Å². The molecule has 0 aliphatic rings. The van der Waals surface area contributed by atoms with E-state index in [9.17, 15) is 10.5 Å². The number of rotatable bonds is 2. The monoisotopic (exact) mass is 670 g/mol. The Morgan fingerprint density at radius 2 is 0.940 bits per heavy atom. The fourth-order valence-electron chi connectivity index (χ4n) is 8.01. The molecule has 0 amide bonds. The fourth-order valence-corrected chi connectivity index (χ4v) is 10.2. The van der Waals surface area contributed by atoms with Gasteiger partial charge in [-0.15, -0.1) is 22.7 Å². The molecule has 6 heteroatoms. The van der Waals surface area contributed by atoms with Crippen molar-refractivity contribution in [3.63, 3.8) is 0 Å². The smallest absolute Gasteiger partial charge is 0.0991 e. The van der Waals surface area contributed by atoms with E-state index in [-0.39, 0.29) is 0 Å². The Hall–Kier alpha value is -6.44. The van der Waals surface area contributed by atoms with Crippen molar-refractivity contribution in [2.45, 2.75) is 0 Å². The third-order valence-corrected chi connectivity index (χ3v) is 12.4. The second-order valence-electron chi connectivity index (χ2n) is 12.8. The summed E-state index contributed by atoms with van der Waals surface area (Å²) in [7, 11) is 0. The Balaban J connectivity index is 1.21. The van der Waals surface area contributed by atoms with Gasteiger partial charge in [0.15, 0.2) is 0 Å². The normalized spacial score (nSPS) is 12.0. The SMILES string of the molecule is N#Cc1ccc2c(c1)c1ccccc1n2-c1ccc2sc3ccc(-n4c5ccc(C#N)cc5c5ccc6sc7ccccc7c6c54)cc3c2c1. The number of nitriles is 2. The summed E-state index contributed by atoms with van der Waals surface area (Å²) in [6.45, 7) is 0. The highest BCUT2D eigenvalue weighted by atomic mass is 32.1. The van der Waals surface area contributed by atoms with Crippen molar-refractivity contribution in [2.75, 3.05) is 0 Å². The number of benzene rings is 7. The molecule has 4 nitrogen and oxygen atoms in total. The summed E-state index contributed by atoms with van der Waals surface area (Å²) in [6, 6.07) is 51.8. The second kappa shape index (κ2) is 10.0. The van der Waals surface area contributed by atoms with Crippen LogP contribution in [0.1, 0.15) is 11.1 Å². The molecule has 4 heterocycles. The molecule has 0 N–H and O–H groups in total. The van der Waals surface area contributed by atoms with Crippen molar-refractivity contribution in [3.05, 3.63) is 145 Å². The lowest BCUT2D eigenvalue weighted by molar-refractivity contribution is 1.19. The Bertz CT molecular complexity index is 3360. The van der Waals surface area contributed by atoms with E-state index in [1.54, 1.807) is 0 Å². The van der Waals surface area contributed by atoms with Gasteiger partial charge in [-0.3, -0.25) is 0 Å². The molecule has 0 saturated carbocycles. The van der Waals surface area contributed by atoms with Crippen LogP contribution >= 0.6 is 22.7 Å². The van der Waals surface area contributed by atoms with Crippen LogP contribution in [0.15, 0.2) is 133 Å². The number of hydrogen-bond acceptors (Lipinski definition) is 4. The average Bonchev–Trinajstić information content (AvgIpc) is 3.91. The zero-order valence-corrected chi connectivity index (χ0v) is 27.9. The largest absolute Gasteiger partial charge is 0.309 e. The van der Waals surface area contributed by atoms with E-state index in [4.69, 9.17) is 0 Å². The second-order valence-corrected chi connectivity index (χ2v) is 14.9. The Morgan fingerprint density at radius 3 is 1.66 bits per heavy atom. The van der Waals surface area contributed by atoms with Crippen molar-refractivity contribution in [1.29, 1.82) is 10.5 Å². The Morgan fingerprint density at radius 1 is 0.400 bits per heavy atom. The topological polar surface area (TPSA) is 57.4 Å². The summed E-state index contributed by atoms with van der Waals surface area (Å²) in [6.07, 6.45) is 0. The number of thiophene rings is 2. The van der Waals surface area contributed by atoms with Crippen LogP contribution in [0.3, 0.4) is 0 Å². The first-order valence-electron chi connectivity index (χ1n) is 16.4. The molecule has 7 aromatic carbocycles. The highest BCUT2D eigenvalue weighted by Gasteiger charge is 2.20. The van der Waals surface area contributed by atoms with Gasteiger partial charge in [-0.25, -0.2) is 0 Å². The van der Waals surface area contributed by atoms with E-state index in [1.807, 2.05) is 46.9 Å². The van der Waals surface area contributed by atoms with Crippen molar-refractivity contribution in [3.8, 4) is 23.5 Å². The predicted molar refractivity (Wildman–Crippen MR) is 210 cm³/mol. The predicted octanol–water partition coefficient (Wildman–Crippen LogP) is 12.4. The molecule has 0 spiro atoms. The van der Waals surface area contributed by atoms with Gasteiger partial charge in [0.2, 0.25) is 0 Å². The van der Waals surface area contributed by atoms with E-state index in [2.05, 4.69) is 130 Å². The van der Waals surface area contributed by atoms with Gasteiger partial charge < -0.3 is 9.13 Å². The number of para-hydroxylation sites is 1. The highest BCUT2D eigenvalue weighted by molar-refractivity contribution is 7.26. The minimum Gasteiger partial charge on any atom is -0.309 e. The molecule has 50 heavy (non-hydrogen) atoms. The quantitative estimate of drug-likeness (QED) is 0.184. The van der Waals surface area contributed by atoms with E-state index < -0.39 is 0 Å². The number of aromatic nitrogens is 2. The van der Waals surface area contributed by atoms with Crippen molar-refractivity contribution in [2.24, 2.45) is 0 Å². The first-order valence-corrected chi connectivity index (χ1v) is 18.0. The number of hydrogen-bond donors (Lipinski definition) is 0. The van der Waals surface area contributed by atoms with Gasteiger partial charge in [0.25, 0.3) is 0 Å². The lowest BCUT2D eigenvalue weighted by Gasteiger charge is -2.10. The maximum atomic E-state index is 9.83. The molecule has 4 aromatic heterocycles. The van der Waals surface area contributed by atoms with Crippen LogP contribution in [0.4, 0.5) is 0 Å². The van der Waals surface area contributed by atoms with Crippen molar-refractivity contribution >= 4 is 107 Å².